The first-order valence-corrected chi connectivity index (χ1v) is 6.87. The van der Waals surface area contributed by atoms with E-state index in [0.29, 0.717) is 19.7 Å². The topological polar surface area (TPSA) is 21.3 Å². The number of halogens is 2. The van der Waals surface area contributed by atoms with Gasteiger partial charge in [-0.25, -0.2) is 4.39 Å². The lowest BCUT2D eigenvalue weighted by Crippen LogP contribution is -2.20. The van der Waals surface area contributed by atoms with Gasteiger partial charge in [-0.15, -0.1) is 0 Å². The van der Waals surface area contributed by atoms with Crippen molar-refractivity contribution >= 4 is 15.9 Å². The van der Waals surface area contributed by atoms with Crippen LogP contribution in [0.3, 0.4) is 0 Å². The van der Waals surface area contributed by atoms with Gasteiger partial charge in [-0.3, -0.25) is 0 Å². The van der Waals surface area contributed by atoms with E-state index in [-0.39, 0.29) is 5.82 Å². The number of hydrogen-bond donors (Lipinski definition) is 1. The van der Waals surface area contributed by atoms with E-state index in [4.69, 9.17) is 4.74 Å². The van der Waals surface area contributed by atoms with Crippen molar-refractivity contribution in [2.24, 2.45) is 0 Å². The Balaban J connectivity index is 1.71. The van der Waals surface area contributed by atoms with E-state index in [1.807, 2.05) is 30.3 Å². The number of nitrogens with one attached hydrogen (secondary N) is 1. The van der Waals surface area contributed by atoms with Gasteiger partial charge in [0.25, 0.3) is 0 Å². The van der Waals surface area contributed by atoms with E-state index in [0.717, 1.165) is 15.8 Å². The minimum absolute atomic E-state index is 0.222. The van der Waals surface area contributed by atoms with Crippen LogP contribution in [-0.2, 0) is 6.54 Å². The Morgan fingerprint density at radius 3 is 2.68 bits per heavy atom. The van der Waals surface area contributed by atoms with Crippen molar-refractivity contribution in [2.45, 2.75) is 6.54 Å². The van der Waals surface area contributed by atoms with Gasteiger partial charge in [0.05, 0.1) is 0 Å². The maximum absolute atomic E-state index is 13.1. The first-order chi connectivity index (χ1) is 9.25. The Morgan fingerprint density at radius 2 is 1.89 bits per heavy atom. The average molecular weight is 324 g/mol. The minimum atomic E-state index is -0.222. The van der Waals surface area contributed by atoms with Gasteiger partial charge in [0.15, 0.2) is 0 Å². The normalized spacial score (nSPS) is 10.4. The first-order valence-electron chi connectivity index (χ1n) is 6.08. The molecule has 0 bridgehead atoms. The van der Waals surface area contributed by atoms with Crippen molar-refractivity contribution < 1.29 is 9.13 Å². The molecular weight excluding hydrogens is 309 g/mol. The third-order valence-electron chi connectivity index (χ3n) is 2.61. The lowest BCUT2D eigenvalue weighted by atomic mass is 10.2. The molecule has 0 aliphatic carbocycles. The lowest BCUT2D eigenvalue weighted by molar-refractivity contribution is 0.313. The molecule has 0 aliphatic heterocycles. The molecule has 2 nitrogen and oxygen atoms in total. The van der Waals surface area contributed by atoms with Crippen LogP contribution in [0.15, 0.2) is 53.0 Å². The smallest absolute Gasteiger partial charge is 0.123 e. The zero-order valence-electron chi connectivity index (χ0n) is 10.4. The Bertz CT molecular complexity index is 519. The number of hydrogen-bond acceptors (Lipinski definition) is 2. The van der Waals surface area contributed by atoms with Gasteiger partial charge in [-0.2, -0.15) is 0 Å². The maximum Gasteiger partial charge on any atom is 0.123 e. The summed E-state index contributed by atoms with van der Waals surface area (Å²) < 4.78 is 19.5. The molecule has 0 heterocycles. The van der Waals surface area contributed by atoms with Crippen molar-refractivity contribution in [2.75, 3.05) is 13.2 Å². The Labute approximate surface area is 120 Å². The summed E-state index contributed by atoms with van der Waals surface area (Å²) in [5, 5.41) is 3.22. The maximum atomic E-state index is 13.1. The minimum Gasteiger partial charge on any atom is -0.492 e. The second kappa shape index (κ2) is 7.26. The first kappa shape index (κ1) is 14.0. The summed E-state index contributed by atoms with van der Waals surface area (Å²) in [4.78, 5) is 0. The van der Waals surface area contributed by atoms with Crippen molar-refractivity contribution in [1.82, 2.24) is 5.32 Å². The molecular formula is C15H15BrFNO. The fourth-order valence-corrected chi connectivity index (χ4v) is 2.05. The van der Waals surface area contributed by atoms with Crippen LogP contribution in [0.2, 0.25) is 0 Å². The molecule has 0 radical (unpaired) electrons. The van der Waals surface area contributed by atoms with Crippen LogP contribution in [0.1, 0.15) is 5.56 Å². The predicted molar refractivity (Wildman–Crippen MR) is 77.7 cm³/mol. The van der Waals surface area contributed by atoms with Gasteiger partial charge in [-0.1, -0.05) is 34.1 Å². The fraction of sp³-hybridized carbons (Fsp3) is 0.200. The quantitative estimate of drug-likeness (QED) is 0.817. The molecule has 0 spiro atoms. The molecule has 0 saturated heterocycles. The Kier molecular flexibility index (Phi) is 5.36. The summed E-state index contributed by atoms with van der Waals surface area (Å²) in [6.45, 7) is 1.89. The molecule has 2 rings (SSSR count). The van der Waals surface area contributed by atoms with Crippen LogP contribution in [0.4, 0.5) is 4.39 Å². The molecule has 0 unspecified atom stereocenters. The molecule has 1 N–H and O–H groups in total. The molecule has 100 valence electrons. The van der Waals surface area contributed by atoms with E-state index < -0.39 is 0 Å². The zero-order valence-corrected chi connectivity index (χ0v) is 12.0. The molecule has 0 fully saturated rings. The molecule has 4 heteroatoms. The Morgan fingerprint density at radius 1 is 1.11 bits per heavy atom. The van der Waals surface area contributed by atoms with Crippen LogP contribution in [0.25, 0.3) is 0 Å². The number of benzene rings is 2. The zero-order chi connectivity index (χ0) is 13.5. The van der Waals surface area contributed by atoms with Crippen LogP contribution < -0.4 is 10.1 Å². The third-order valence-corrected chi connectivity index (χ3v) is 3.39. The molecule has 0 aromatic heterocycles. The van der Waals surface area contributed by atoms with Gasteiger partial charge in [0.1, 0.15) is 18.2 Å². The van der Waals surface area contributed by atoms with Crippen LogP contribution in [-0.4, -0.2) is 13.2 Å². The molecule has 2 aromatic rings. The fourth-order valence-electron chi connectivity index (χ4n) is 1.66. The second-order valence-corrected chi connectivity index (χ2v) is 4.93. The van der Waals surface area contributed by atoms with Gasteiger partial charge in [-0.05, 0) is 35.9 Å². The monoisotopic (exact) mass is 323 g/mol. The summed E-state index contributed by atoms with van der Waals surface area (Å²) in [5.74, 6) is 0.636. The van der Waals surface area contributed by atoms with Crippen molar-refractivity contribution in [1.29, 1.82) is 0 Å². The highest BCUT2D eigenvalue weighted by Crippen LogP contribution is 2.17. The largest absolute Gasteiger partial charge is 0.492 e. The highest BCUT2D eigenvalue weighted by molar-refractivity contribution is 9.10. The Hall–Kier alpha value is -1.39. The predicted octanol–water partition coefficient (Wildman–Crippen LogP) is 3.76. The van der Waals surface area contributed by atoms with Crippen LogP contribution >= 0.6 is 15.9 Å². The van der Waals surface area contributed by atoms with Crippen LogP contribution in [0, 0.1) is 5.82 Å². The molecule has 0 saturated carbocycles. The standard InChI is InChI=1S/C15H15BrFNO/c16-15-7-6-13(17)10-12(15)11-18-8-9-19-14-4-2-1-3-5-14/h1-7,10,18H,8-9,11H2. The van der Waals surface area contributed by atoms with Gasteiger partial charge < -0.3 is 10.1 Å². The van der Waals surface area contributed by atoms with Crippen molar-refractivity contribution in [3.05, 3.63) is 64.4 Å². The molecule has 19 heavy (non-hydrogen) atoms. The van der Waals surface area contributed by atoms with Crippen molar-refractivity contribution in [3.63, 3.8) is 0 Å². The van der Waals surface area contributed by atoms with Crippen molar-refractivity contribution in [3.8, 4) is 5.75 Å². The molecule has 2 aromatic carbocycles. The number of rotatable bonds is 6. The van der Waals surface area contributed by atoms with E-state index >= 15 is 0 Å². The average Bonchev–Trinajstić information content (AvgIpc) is 2.43. The highest BCUT2D eigenvalue weighted by atomic mass is 79.9. The van der Waals surface area contributed by atoms with Crippen LogP contribution in [0.5, 0.6) is 5.75 Å². The molecule has 0 aliphatic rings. The summed E-state index contributed by atoms with van der Waals surface area (Å²) in [5.41, 5.74) is 0.903. The summed E-state index contributed by atoms with van der Waals surface area (Å²) in [7, 11) is 0. The summed E-state index contributed by atoms with van der Waals surface area (Å²) in [6.07, 6.45) is 0. The number of ether oxygens (including phenoxy) is 1. The third kappa shape index (κ3) is 4.65. The summed E-state index contributed by atoms with van der Waals surface area (Å²) in [6, 6.07) is 14.3. The van der Waals surface area contributed by atoms with E-state index in [9.17, 15) is 4.39 Å². The highest BCUT2D eigenvalue weighted by Gasteiger charge is 2.01. The second-order valence-electron chi connectivity index (χ2n) is 4.07. The van der Waals surface area contributed by atoms with E-state index in [2.05, 4.69) is 21.2 Å². The van der Waals surface area contributed by atoms with Gasteiger partial charge in [0.2, 0.25) is 0 Å². The molecule has 0 atom stereocenters. The summed E-state index contributed by atoms with van der Waals surface area (Å²) >= 11 is 3.40. The molecule has 0 amide bonds. The number of para-hydroxylation sites is 1. The SMILES string of the molecule is Fc1ccc(Br)c(CNCCOc2ccccc2)c1. The van der Waals surface area contributed by atoms with E-state index in [1.54, 1.807) is 6.07 Å². The van der Waals surface area contributed by atoms with Gasteiger partial charge in [0, 0.05) is 17.6 Å². The lowest BCUT2D eigenvalue weighted by Gasteiger charge is -2.08. The van der Waals surface area contributed by atoms with E-state index in [1.165, 1.54) is 12.1 Å². The van der Waals surface area contributed by atoms with Gasteiger partial charge >= 0.3 is 0 Å².